The Balaban J connectivity index is 2.94. The van der Waals surface area contributed by atoms with E-state index in [2.05, 4.69) is 9.72 Å². The van der Waals surface area contributed by atoms with Gasteiger partial charge in [-0.25, -0.2) is 4.39 Å². The average Bonchev–Trinajstić information content (AvgIpc) is 2.29. The lowest BCUT2D eigenvalue weighted by atomic mass is 10.2. The molecule has 1 rings (SSSR count). The first-order valence-electron chi connectivity index (χ1n) is 4.81. The van der Waals surface area contributed by atoms with E-state index in [1.165, 1.54) is 0 Å². The molecule has 1 aromatic rings. The van der Waals surface area contributed by atoms with Crippen LogP contribution < -0.4 is 0 Å². The first-order chi connectivity index (χ1) is 7.97. The maximum Gasteiger partial charge on any atom is 0.310 e. The standard InChI is InChI=1S/C10H9ClF3NO2/c1-2-3-17-6(16)4-5-7(11)9(13)15-10(14)8(5)12/h2-4H2,1H3. The van der Waals surface area contributed by atoms with E-state index in [-0.39, 0.29) is 6.61 Å². The molecular weight excluding hydrogens is 259 g/mol. The molecule has 0 aromatic carbocycles. The highest BCUT2D eigenvalue weighted by atomic mass is 35.5. The van der Waals surface area contributed by atoms with Crippen molar-refractivity contribution >= 4 is 17.6 Å². The molecule has 0 bridgehead atoms. The molecule has 17 heavy (non-hydrogen) atoms. The van der Waals surface area contributed by atoms with Crippen molar-refractivity contribution in [2.24, 2.45) is 0 Å². The Labute approximate surface area is 101 Å². The van der Waals surface area contributed by atoms with Gasteiger partial charge in [-0.3, -0.25) is 4.79 Å². The molecule has 1 heterocycles. The smallest absolute Gasteiger partial charge is 0.310 e. The topological polar surface area (TPSA) is 39.2 Å². The summed E-state index contributed by atoms with van der Waals surface area (Å²) in [6.45, 7) is 1.92. The van der Waals surface area contributed by atoms with Gasteiger partial charge < -0.3 is 4.74 Å². The summed E-state index contributed by atoms with van der Waals surface area (Å²) in [6, 6.07) is 0. The Kier molecular flexibility index (Phi) is 4.74. The van der Waals surface area contributed by atoms with E-state index >= 15 is 0 Å². The van der Waals surface area contributed by atoms with E-state index in [0.29, 0.717) is 6.42 Å². The van der Waals surface area contributed by atoms with Gasteiger partial charge in [-0.2, -0.15) is 13.8 Å². The molecule has 0 amide bonds. The molecule has 0 radical (unpaired) electrons. The van der Waals surface area contributed by atoms with Gasteiger partial charge in [0.25, 0.3) is 5.95 Å². The number of aromatic nitrogens is 1. The number of hydrogen-bond acceptors (Lipinski definition) is 3. The van der Waals surface area contributed by atoms with Crippen molar-refractivity contribution in [2.75, 3.05) is 6.61 Å². The second-order valence-electron chi connectivity index (χ2n) is 3.20. The van der Waals surface area contributed by atoms with E-state index in [1.54, 1.807) is 6.92 Å². The van der Waals surface area contributed by atoms with Crippen LogP contribution in [0.1, 0.15) is 18.9 Å². The zero-order valence-electron chi connectivity index (χ0n) is 8.90. The van der Waals surface area contributed by atoms with Crippen LogP contribution >= 0.6 is 11.6 Å². The Morgan fingerprint density at radius 2 is 2.00 bits per heavy atom. The van der Waals surface area contributed by atoms with Gasteiger partial charge in [-0.05, 0) is 6.42 Å². The zero-order chi connectivity index (χ0) is 13.0. The van der Waals surface area contributed by atoms with Crippen molar-refractivity contribution in [1.82, 2.24) is 4.98 Å². The minimum Gasteiger partial charge on any atom is -0.465 e. The second kappa shape index (κ2) is 5.86. The van der Waals surface area contributed by atoms with Gasteiger partial charge in [0.2, 0.25) is 5.95 Å². The molecule has 0 N–H and O–H groups in total. The quantitative estimate of drug-likeness (QED) is 0.622. The number of carbonyl (C=O) groups is 1. The Bertz CT molecular complexity index is 414. The summed E-state index contributed by atoms with van der Waals surface area (Å²) in [5.41, 5.74) is -0.585. The van der Waals surface area contributed by atoms with Crippen LogP contribution in [0.3, 0.4) is 0 Å². The fourth-order valence-electron chi connectivity index (χ4n) is 1.10. The minimum atomic E-state index is -1.63. The summed E-state index contributed by atoms with van der Waals surface area (Å²) in [7, 11) is 0. The Morgan fingerprint density at radius 1 is 1.35 bits per heavy atom. The van der Waals surface area contributed by atoms with Crippen LogP contribution in [0.2, 0.25) is 5.02 Å². The van der Waals surface area contributed by atoms with Crippen molar-refractivity contribution in [3.63, 3.8) is 0 Å². The molecule has 0 aliphatic heterocycles. The van der Waals surface area contributed by atoms with Crippen molar-refractivity contribution in [3.8, 4) is 0 Å². The monoisotopic (exact) mass is 267 g/mol. The predicted octanol–water partition coefficient (Wildman–Crippen LogP) is 2.65. The third kappa shape index (κ3) is 3.33. The van der Waals surface area contributed by atoms with E-state index in [4.69, 9.17) is 11.6 Å². The number of nitrogens with zero attached hydrogens (tertiary/aromatic N) is 1. The molecule has 0 saturated heterocycles. The molecule has 1 aromatic heterocycles. The minimum absolute atomic E-state index is 0.147. The fraction of sp³-hybridized carbons (Fsp3) is 0.400. The molecule has 3 nitrogen and oxygen atoms in total. The van der Waals surface area contributed by atoms with Gasteiger partial charge in [0.15, 0.2) is 5.82 Å². The van der Waals surface area contributed by atoms with Crippen LogP contribution in [0.15, 0.2) is 0 Å². The first kappa shape index (κ1) is 13.8. The van der Waals surface area contributed by atoms with Gasteiger partial charge in [-0.15, -0.1) is 0 Å². The molecule has 7 heteroatoms. The summed E-state index contributed by atoms with van der Waals surface area (Å²) in [4.78, 5) is 13.8. The molecule has 0 aliphatic rings. The van der Waals surface area contributed by atoms with Crippen LogP contribution in [0.25, 0.3) is 0 Å². The largest absolute Gasteiger partial charge is 0.465 e. The van der Waals surface area contributed by atoms with Crippen LogP contribution in [0, 0.1) is 17.7 Å². The summed E-state index contributed by atoms with van der Waals surface area (Å²) in [5, 5.41) is -0.711. The van der Waals surface area contributed by atoms with Crippen molar-refractivity contribution in [1.29, 1.82) is 0 Å². The number of carbonyl (C=O) groups excluding carboxylic acids is 1. The molecule has 0 saturated carbocycles. The summed E-state index contributed by atoms with van der Waals surface area (Å²) in [5.74, 6) is -5.24. The van der Waals surface area contributed by atoms with Gasteiger partial charge >= 0.3 is 5.97 Å². The Morgan fingerprint density at radius 3 is 2.59 bits per heavy atom. The average molecular weight is 268 g/mol. The fourth-order valence-corrected chi connectivity index (χ4v) is 1.29. The summed E-state index contributed by atoms with van der Waals surface area (Å²) in [6.07, 6.45) is -0.0535. The number of esters is 1. The molecule has 94 valence electrons. The molecule has 0 fully saturated rings. The third-order valence-corrected chi connectivity index (χ3v) is 2.26. The maximum atomic E-state index is 13.2. The molecule has 0 unspecified atom stereocenters. The van der Waals surface area contributed by atoms with Crippen LogP contribution in [-0.4, -0.2) is 17.6 Å². The highest BCUT2D eigenvalue weighted by Crippen LogP contribution is 2.23. The second-order valence-corrected chi connectivity index (χ2v) is 3.58. The molecule has 0 spiro atoms. The number of pyridine rings is 1. The van der Waals surface area contributed by atoms with Crippen molar-refractivity contribution in [2.45, 2.75) is 19.8 Å². The van der Waals surface area contributed by atoms with E-state index in [9.17, 15) is 18.0 Å². The summed E-state index contributed by atoms with van der Waals surface area (Å²) >= 11 is 5.40. The van der Waals surface area contributed by atoms with E-state index < -0.39 is 40.7 Å². The van der Waals surface area contributed by atoms with Crippen LogP contribution in [0.5, 0.6) is 0 Å². The normalized spacial score (nSPS) is 10.4. The van der Waals surface area contributed by atoms with Gasteiger partial charge in [0, 0.05) is 5.56 Å². The predicted molar refractivity (Wildman–Crippen MR) is 54.1 cm³/mol. The number of rotatable bonds is 4. The highest BCUT2D eigenvalue weighted by molar-refractivity contribution is 6.31. The number of halogens is 4. The van der Waals surface area contributed by atoms with Crippen LogP contribution in [0.4, 0.5) is 13.2 Å². The number of hydrogen-bond donors (Lipinski definition) is 0. The Hall–Kier alpha value is -1.30. The maximum absolute atomic E-state index is 13.2. The lowest BCUT2D eigenvalue weighted by Gasteiger charge is -2.07. The SMILES string of the molecule is CCCOC(=O)Cc1c(F)c(F)nc(F)c1Cl. The molecule has 0 aliphatic carbocycles. The zero-order valence-corrected chi connectivity index (χ0v) is 9.65. The molecular formula is C10H9ClF3NO2. The van der Waals surface area contributed by atoms with E-state index in [1.807, 2.05) is 0 Å². The summed E-state index contributed by atoms with van der Waals surface area (Å²) < 4.78 is 43.6. The van der Waals surface area contributed by atoms with Crippen molar-refractivity contribution in [3.05, 3.63) is 28.3 Å². The first-order valence-corrected chi connectivity index (χ1v) is 5.19. The van der Waals surface area contributed by atoms with Gasteiger partial charge in [-0.1, -0.05) is 18.5 Å². The number of ether oxygens (including phenoxy) is 1. The lowest BCUT2D eigenvalue weighted by Crippen LogP contribution is -2.12. The third-order valence-electron chi connectivity index (χ3n) is 1.88. The van der Waals surface area contributed by atoms with Gasteiger partial charge in [0.1, 0.15) is 5.02 Å². The van der Waals surface area contributed by atoms with Crippen molar-refractivity contribution < 1.29 is 22.7 Å². The molecule has 0 atom stereocenters. The van der Waals surface area contributed by atoms with Gasteiger partial charge in [0.05, 0.1) is 13.0 Å². The highest BCUT2D eigenvalue weighted by Gasteiger charge is 2.21. The van der Waals surface area contributed by atoms with E-state index in [0.717, 1.165) is 0 Å². The van der Waals surface area contributed by atoms with Crippen LogP contribution in [-0.2, 0) is 16.0 Å². The lowest BCUT2D eigenvalue weighted by molar-refractivity contribution is -0.142.